The van der Waals surface area contributed by atoms with Gasteiger partial charge in [-0.05, 0) is 17.5 Å². The highest BCUT2D eigenvalue weighted by molar-refractivity contribution is 6.63. The van der Waals surface area contributed by atoms with Crippen LogP contribution in [0.2, 0.25) is 0 Å². The third-order valence-electron chi connectivity index (χ3n) is 1.21. The summed E-state index contributed by atoms with van der Waals surface area (Å²) < 4.78 is 0. The largest absolute Gasteiger partial charge is 0.281 e. The van der Waals surface area contributed by atoms with Crippen LogP contribution < -0.4 is 0 Å². The van der Waals surface area contributed by atoms with Gasteiger partial charge in [0.15, 0.2) is 0 Å². The first-order valence-corrected chi connectivity index (χ1v) is 3.23. The molecule has 1 nitrogen and oxygen atoms in total. The molecule has 0 fully saturated rings. The maximum Gasteiger partial charge on any atom is 0.221 e. The molecule has 0 heterocycles. The first-order valence-electron chi connectivity index (χ1n) is 2.85. The van der Waals surface area contributed by atoms with Crippen LogP contribution in [-0.2, 0) is 4.79 Å². The summed E-state index contributed by atoms with van der Waals surface area (Å²) >= 11 is 5.11. The molecule has 0 aliphatic rings. The molecular weight excluding hydrogens is 124 g/mol. The molecule has 0 saturated heterocycles. The van der Waals surface area contributed by atoms with Gasteiger partial charge in [0.1, 0.15) is 0 Å². The molecule has 0 radical (unpaired) electrons. The Morgan fingerprint density at radius 1 is 1.75 bits per heavy atom. The highest BCUT2D eigenvalue weighted by atomic mass is 35.5. The summed E-state index contributed by atoms with van der Waals surface area (Å²) in [5, 5.41) is -0.223. The predicted octanol–water partition coefficient (Wildman–Crippen LogP) is 2.19. The summed E-state index contributed by atoms with van der Waals surface area (Å²) in [5.74, 6) is 0.444. The van der Waals surface area contributed by atoms with Gasteiger partial charge in [0, 0.05) is 6.42 Å². The van der Waals surface area contributed by atoms with Crippen molar-refractivity contribution in [2.24, 2.45) is 5.92 Å². The molecular formula is C6H11ClO. The van der Waals surface area contributed by atoms with Crippen molar-refractivity contribution in [1.82, 2.24) is 0 Å². The summed E-state index contributed by atoms with van der Waals surface area (Å²) in [6, 6.07) is 0. The van der Waals surface area contributed by atoms with E-state index in [0.29, 0.717) is 12.3 Å². The van der Waals surface area contributed by atoms with Crippen LogP contribution in [0.25, 0.3) is 0 Å². The fourth-order valence-corrected chi connectivity index (χ4v) is 0.682. The third-order valence-corrected chi connectivity index (χ3v) is 1.36. The minimum absolute atomic E-state index is 0.223. The van der Waals surface area contributed by atoms with Crippen molar-refractivity contribution in [3.8, 4) is 0 Å². The maximum absolute atomic E-state index is 10.2. The highest BCUT2D eigenvalue weighted by Crippen LogP contribution is 2.07. The summed E-state index contributed by atoms with van der Waals surface area (Å²) in [5.41, 5.74) is 0. The molecule has 1 atom stereocenters. The van der Waals surface area contributed by atoms with Crippen molar-refractivity contribution in [3.63, 3.8) is 0 Å². The predicted molar refractivity (Wildman–Crippen MR) is 34.9 cm³/mol. The van der Waals surface area contributed by atoms with E-state index in [1.54, 1.807) is 0 Å². The molecule has 0 aromatic rings. The smallest absolute Gasteiger partial charge is 0.221 e. The fourth-order valence-electron chi connectivity index (χ4n) is 0.418. The Morgan fingerprint density at radius 2 is 2.25 bits per heavy atom. The zero-order chi connectivity index (χ0) is 6.57. The topological polar surface area (TPSA) is 17.1 Å². The van der Waals surface area contributed by atoms with E-state index >= 15 is 0 Å². The van der Waals surface area contributed by atoms with Crippen LogP contribution in [0.3, 0.4) is 0 Å². The second-order valence-electron chi connectivity index (χ2n) is 2.07. The van der Waals surface area contributed by atoms with Crippen LogP contribution in [0.15, 0.2) is 0 Å². The Morgan fingerprint density at radius 3 is 2.38 bits per heavy atom. The van der Waals surface area contributed by atoms with Gasteiger partial charge in [-0.3, -0.25) is 4.79 Å². The first kappa shape index (κ1) is 7.96. The molecule has 0 aliphatic carbocycles. The Hall–Kier alpha value is -0.0400. The minimum atomic E-state index is -0.223. The summed E-state index contributed by atoms with van der Waals surface area (Å²) in [6.45, 7) is 4.06. The molecule has 8 heavy (non-hydrogen) atoms. The van der Waals surface area contributed by atoms with E-state index in [1.165, 1.54) is 0 Å². The molecule has 0 spiro atoms. The second-order valence-corrected chi connectivity index (χ2v) is 2.49. The lowest BCUT2D eigenvalue weighted by atomic mass is 10.1. The lowest BCUT2D eigenvalue weighted by Crippen LogP contribution is -1.96. The fraction of sp³-hybridized carbons (Fsp3) is 0.833. The van der Waals surface area contributed by atoms with Crippen LogP contribution in [0, 0.1) is 5.92 Å². The van der Waals surface area contributed by atoms with Gasteiger partial charge in [0.2, 0.25) is 5.24 Å². The number of rotatable bonds is 3. The Balaban J connectivity index is 3.24. The number of hydrogen-bond donors (Lipinski definition) is 0. The first-order chi connectivity index (χ1) is 3.66. The van der Waals surface area contributed by atoms with Crippen molar-refractivity contribution in [2.75, 3.05) is 0 Å². The molecule has 0 rings (SSSR count). The van der Waals surface area contributed by atoms with Gasteiger partial charge in [-0.15, -0.1) is 0 Å². The molecule has 0 amide bonds. The van der Waals surface area contributed by atoms with Gasteiger partial charge < -0.3 is 0 Å². The number of carbonyl (C=O) groups is 1. The lowest BCUT2D eigenvalue weighted by Gasteiger charge is -2.00. The monoisotopic (exact) mass is 134 g/mol. The quantitative estimate of drug-likeness (QED) is 0.541. The minimum Gasteiger partial charge on any atom is -0.281 e. The molecule has 0 N–H and O–H groups in total. The van der Waals surface area contributed by atoms with E-state index in [4.69, 9.17) is 11.6 Å². The van der Waals surface area contributed by atoms with Crippen molar-refractivity contribution in [1.29, 1.82) is 0 Å². The summed E-state index contributed by atoms with van der Waals surface area (Å²) in [6.07, 6.45) is 1.54. The third kappa shape index (κ3) is 4.13. The SMILES string of the molecule is CC[C@H](C)CC(=O)Cl. The Bertz CT molecular complexity index is 80.6. The van der Waals surface area contributed by atoms with Crippen LogP contribution in [0.1, 0.15) is 26.7 Å². The van der Waals surface area contributed by atoms with E-state index in [0.717, 1.165) is 6.42 Å². The zero-order valence-electron chi connectivity index (χ0n) is 5.28. The van der Waals surface area contributed by atoms with Crippen molar-refractivity contribution in [3.05, 3.63) is 0 Å². The van der Waals surface area contributed by atoms with Crippen LogP contribution in [-0.4, -0.2) is 5.24 Å². The molecule has 0 bridgehead atoms. The van der Waals surface area contributed by atoms with Gasteiger partial charge in [-0.1, -0.05) is 20.3 Å². The number of halogens is 1. The van der Waals surface area contributed by atoms with E-state index in [1.807, 2.05) is 13.8 Å². The van der Waals surface area contributed by atoms with E-state index in [9.17, 15) is 4.79 Å². The van der Waals surface area contributed by atoms with Gasteiger partial charge in [0.25, 0.3) is 0 Å². The molecule has 2 heteroatoms. The van der Waals surface area contributed by atoms with Gasteiger partial charge in [-0.2, -0.15) is 0 Å². The van der Waals surface area contributed by atoms with Crippen LogP contribution >= 0.6 is 11.6 Å². The van der Waals surface area contributed by atoms with E-state index < -0.39 is 0 Å². The van der Waals surface area contributed by atoms with Crippen molar-refractivity contribution < 1.29 is 4.79 Å². The highest BCUT2D eigenvalue weighted by Gasteiger charge is 2.02. The van der Waals surface area contributed by atoms with Crippen LogP contribution in [0.4, 0.5) is 0 Å². The van der Waals surface area contributed by atoms with Crippen molar-refractivity contribution in [2.45, 2.75) is 26.7 Å². The Labute approximate surface area is 55.0 Å². The van der Waals surface area contributed by atoms with Gasteiger partial charge in [0.05, 0.1) is 0 Å². The molecule has 48 valence electrons. The summed E-state index contributed by atoms with van der Waals surface area (Å²) in [7, 11) is 0. The van der Waals surface area contributed by atoms with Gasteiger partial charge in [-0.25, -0.2) is 0 Å². The standard InChI is InChI=1S/C6H11ClO/c1-3-5(2)4-6(7)8/h5H,3-4H2,1-2H3/t5-/m0/s1. The molecule has 0 saturated carbocycles. The van der Waals surface area contributed by atoms with E-state index in [2.05, 4.69) is 0 Å². The average Bonchev–Trinajstić information content (AvgIpc) is 1.65. The summed E-state index contributed by atoms with van der Waals surface area (Å²) in [4.78, 5) is 10.2. The zero-order valence-corrected chi connectivity index (χ0v) is 6.03. The molecule has 0 aliphatic heterocycles. The van der Waals surface area contributed by atoms with Crippen molar-refractivity contribution >= 4 is 16.8 Å². The number of hydrogen-bond acceptors (Lipinski definition) is 1. The lowest BCUT2D eigenvalue weighted by molar-refractivity contribution is -0.112. The van der Waals surface area contributed by atoms with E-state index in [-0.39, 0.29) is 5.24 Å². The Kier molecular flexibility index (Phi) is 3.88. The molecule has 0 unspecified atom stereocenters. The van der Waals surface area contributed by atoms with Gasteiger partial charge >= 0.3 is 0 Å². The second kappa shape index (κ2) is 3.90. The normalized spacial score (nSPS) is 13.4. The number of carbonyl (C=O) groups excluding carboxylic acids is 1. The average molecular weight is 135 g/mol. The maximum atomic E-state index is 10.2. The van der Waals surface area contributed by atoms with Crippen LogP contribution in [0.5, 0.6) is 0 Å². The molecule has 0 aromatic heterocycles. The molecule has 0 aromatic carbocycles.